The molecular weight excluding hydrogens is 361 g/mol. The van der Waals surface area contributed by atoms with Gasteiger partial charge in [0.25, 0.3) is 0 Å². The Morgan fingerprint density at radius 1 is 0.926 bits per heavy atom. The van der Waals surface area contributed by atoms with Crippen molar-refractivity contribution < 1.29 is 8.94 Å². The van der Waals surface area contributed by atoms with Gasteiger partial charge in [0.2, 0.25) is 0 Å². The molecule has 6 heteroatoms. The average molecular weight is 377 g/mol. The van der Waals surface area contributed by atoms with Gasteiger partial charge in [-0.05, 0) is 59.7 Å². The highest BCUT2D eigenvalue weighted by atomic mass is 32.2. The smallest absolute Gasteiger partial charge is 0.152 e. The predicted molar refractivity (Wildman–Crippen MR) is 105 cm³/mol. The number of nitrogens with zero attached hydrogens (tertiary/aromatic N) is 2. The van der Waals surface area contributed by atoms with Crippen molar-refractivity contribution in [1.82, 2.24) is 15.0 Å². The van der Waals surface area contributed by atoms with E-state index >= 15 is 0 Å². The van der Waals surface area contributed by atoms with Crippen molar-refractivity contribution in [2.24, 2.45) is 0 Å². The van der Waals surface area contributed by atoms with E-state index in [1.807, 2.05) is 36.4 Å². The summed E-state index contributed by atoms with van der Waals surface area (Å²) in [4.78, 5) is 12.8. The van der Waals surface area contributed by atoms with Crippen LogP contribution in [0.15, 0.2) is 78.0 Å². The molecule has 4 nitrogen and oxygen atoms in total. The lowest BCUT2D eigenvalue weighted by atomic mass is 10.1. The van der Waals surface area contributed by atoms with Gasteiger partial charge in [0.05, 0.1) is 11.4 Å². The van der Waals surface area contributed by atoms with E-state index in [0.29, 0.717) is 17.1 Å². The Kier molecular flexibility index (Phi) is 4.75. The van der Waals surface area contributed by atoms with Crippen molar-refractivity contribution >= 4 is 11.2 Å². The van der Waals surface area contributed by atoms with Gasteiger partial charge in [0.1, 0.15) is 17.9 Å². The summed E-state index contributed by atoms with van der Waals surface area (Å²) >= 11 is -1.04. The zero-order chi connectivity index (χ0) is 18.8. The molecular formula is C21H16FN3OS. The normalized spacial score (nSPS) is 12.1. The Morgan fingerprint density at radius 2 is 1.63 bits per heavy atom. The minimum atomic E-state index is -1.04. The maximum Gasteiger partial charge on any atom is 0.152 e. The molecule has 0 fully saturated rings. The predicted octanol–water partition coefficient (Wildman–Crippen LogP) is 4.68. The number of pyridine rings is 1. The standard InChI is InChI=1S/C21H16FN3OS/c1-27(26)16-8-6-15(7-9-16)21-24-19(14-10-12-23-13-11-14)20(25-21)17-4-2-3-5-18(17)22/h2-13H,1H3,(H,24,25). The number of aromatic nitrogens is 3. The van der Waals surface area contributed by atoms with Gasteiger partial charge < -0.3 is 9.54 Å². The Morgan fingerprint density at radius 3 is 2.30 bits per heavy atom. The van der Waals surface area contributed by atoms with E-state index in [9.17, 15) is 8.94 Å². The maximum atomic E-state index is 14.4. The summed E-state index contributed by atoms with van der Waals surface area (Å²) < 4.78 is 26.0. The van der Waals surface area contributed by atoms with E-state index in [2.05, 4.69) is 15.0 Å². The zero-order valence-corrected chi connectivity index (χ0v) is 15.3. The van der Waals surface area contributed by atoms with E-state index in [0.717, 1.165) is 21.7 Å². The lowest BCUT2D eigenvalue weighted by Gasteiger charge is -2.04. The lowest BCUT2D eigenvalue weighted by Crippen LogP contribution is -1.96. The quantitative estimate of drug-likeness (QED) is 0.525. The first kappa shape index (κ1) is 17.5. The fourth-order valence-corrected chi connectivity index (χ4v) is 3.41. The molecule has 1 atom stereocenters. The van der Waals surface area contributed by atoms with E-state index < -0.39 is 11.2 Å². The Hall–Kier alpha value is -2.96. The van der Waals surface area contributed by atoms with Gasteiger partial charge >= 0.3 is 0 Å². The van der Waals surface area contributed by atoms with Crippen LogP contribution in [0.3, 0.4) is 0 Å². The molecule has 134 valence electrons. The highest BCUT2D eigenvalue weighted by Crippen LogP contribution is 2.34. The van der Waals surface area contributed by atoms with Crippen molar-refractivity contribution in [3.05, 3.63) is 78.9 Å². The van der Waals surface area contributed by atoms with Crippen molar-refractivity contribution in [1.29, 1.82) is 0 Å². The minimum Gasteiger partial charge on any atom is -0.612 e. The van der Waals surface area contributed by atoms with E-state index in [4.69, 9.17) is 0 Å². The Bertz CT molecular complexity index is 1060. The summed E-state index contributed by atoms with van der Waals surface area (Å²) in [6.45, 7) is 0. The second-order valence-electron chi connectivity index (χ2n) is 6.00. The molecule has 0 saturated carbocycles. The fourth-order valence-electron chi connectivity index (χ4n) is 2.89. The molecule has 0 aliphatic heterocycles. The molecule has 1 unspecified atom stereocenters. The maximum absolute atomic E-state index is 14.4. The van der Waals surface area contributed by atoms with Gasteiger partial charge in [-0.25, -0.2) is 9.37 Å². The molecule has 0 spiro atoms. The van der Waals surface area contributed by atoms with Crippen LogP contribution in [-0.4, -0.2) is 25.8 Å². The van der Waals surface area contributed by atoms with Crippen LogP contribution < -0.4 is 0 Å². The summed E-state index contributed by atoms with van der Waals surface area (Å²) in [7, 11) is 0. The fraction of sp³-hybridized carbons (Fsp3) is 0.0476. The van der Waals surface area contributed by atoms with Gasteiger partial charge in [-0.1, -0.05) is 12.1 Å². The summed E-state index contributed by atoms with van der Waals surface area (Å²) in [5.41, 5.74) is 3.39. The largest absolute Gasteiger partial charge is 0.612 e. The number of benzene rings is 2. The third kappa shape index (κ3) is 3.49. The third-order valence-corrected chi connectivity index (χ3v) is 5.20. The first-order valence-corrected chi connectivity index (χ1v) is 9.88. The molecule has 2 aromatic carbocycles. The van der Waals surface area contributed by atoms with Crippen LogP contribution in [0.25, 0.3) is 33.9 Å². The summed E-state index contributed by atoms with van der Waals surface area (Å²) in [5.74, 6) is 0.288. The number of halogens is 1. The number of rotatable bonds is 4. The van der Waals surface area contributed by atoms with Crippen molar-refractivity contribution in [3.63, 3.8) is 0 Å². The zero-order valence-electron chi connectivity index (χ0n) is 14.5. The molecule has 1 N–H and O–H groups in total. The topological polar surface area (TPSA) is 64.6 Å². The van der Waals surface area contributed by atoms with Gasteiger partial charge in [-0.15, -0.1) is 0 Å². The van der Waals surface area contributed by atoms with E-state index in [-0.39, 0.29) is 5.82 Å². The molecule has 0 saturated heterocycles. The molecule has 0 radical (unpaired) electrons. The Balaban J connectivity index is 1.86. The Labute approximate surface area is 159 Å². The van der Waals surface area contributed by atoms with Gasteiger partial charge in [0.15, 0.2) is 4.90 Å². The molecule has 27 heavy (non-hydrogen) atoms. The van der Waals surface area contributed by atoms with Crippen LogP contribution in [0.2, 0.25) is 0 Å². The second kappa shape index (κ2) is 7.34. The van der Waals surface area contributed by atoms with Crippen LogP contribution in [0.5, 0.6) is 0 Å². The second-order valence-corrected chi connectivity index (χ2v) is 7.38. The van der Waals surface area contributed by atoms with Crippen molar-refractivity contribution in [2.45, 2.75) is 4.90 Å². The van der Waals surface area contributed by atoms with Crippen LogP contribution in [0, 0.1) is 5.82 Å². The molecule has 4 aromatic rings. The highest BCUT2D eigenvalue weighted by molar-refractivity contribution is 7.90. The molecule has 2 heterocycles. The lowest BCUT2D eigenvalue weighted by molar-refractivity contribution is 0.601. The molecule has 4 rings (SSSR count). The van der Waals surface area contributed by atoms with E-state index in [1.54, 1.807) is 36.8 Å². The van der Waals surface area contributed by atoms with Gasteiger partial charge in [-0.3, -0.25) is 4.98 Å². The number of nitrogens with one attached hydrogen (secondary N) is 1. The molecule has 0 aliphatic carbocycles. The third-order valence-electron chi connectivity index (χ3n) is 4.26. The molecule has 2 aromatic heterocycles. The van der Waals surface area contributed by atoms with Gasteiger partial charge in [-0.2, -0.15) is 0 Å². The minimum absolute atomic E-state index is 0.331. The molecule has 0 amide bonds. The van der Waals surface area contributed by atoms with Gasteiger partial charge in [0, 0.05) is 29.1 Å². The average Bonchev–Trinajstić information content (AvgIpc) is 3.14. The monoisotopic (exact) mass is 377 g/mol. The number of hydrogen-bond donors (Lipinski definition) is 1. The number of imidazole rings is 1. The summed E-state index contributed by atoms with van der Waals surface area (Å²) in [6, 6.07) is 17.6. The van der Waals surface area contributed by atoms with Crippen LogP contribution >= 0.6 is 0 Å². The van der Waals surface area contributed by atoms with Crippen molar-refractivity contribution in [3.8, 4) is 33.9 Å². The first-order chi connectivity index (χ1) is 13.1. The molecule has 0 aliphatic rings. The highest BCUT2D eigenvalue weighted by Gasteiger charge is 2.18. The summed E-state index contributed by atoms with van der Waals surface area (Å²) in [5, 5.41) is 0. The van der Waals surface area contributed by atoms with Crippen LogP contribution in [-0.2, 0) is 11.2 Å². The number of hydrogen-bond acceptors (Lipinski definition) is 3. The summed E-state index contributed by atoms with van der Waals surface area (Å²) in [6.07, 6.45) is 5.01. The van der Waals surface area contributed by atoms with Crippen LogP contribution in [0.4, 0.5) is 4.39 Å². The molecule has 0 bridgehead atoms. The van der Waals surface area contributed by atoms with Crippen molar-refractivity contribution in [2.75, 3.05) is 6.26 Å². The SMILES string of the molecule is C[S+]([O-])c1ccc(-c2nc(-c3ccccc3F)c(-c3ccncc3)[nH]2)cc1. The number of aromatic amines is 1. The van der Waals surface area contributed by atoms with E-state index in [1.165, 1.54) is 6.07 Å². The van der Waals surface area contributed by atoms with Crippen LogP contribution in [0.1, 0.15) is 0 Å². The number of H-pyrrole nitrogens is 1. The first-order valence-electron chi connectivity index (χ1n) is 8.32.